The molecule has 0 atom stereocenters. The van der Waals surface area contributed by atoms with Crippen molar-refractivity contribution in [2.45, 2.75) is 76.7 Å². The molecule has 0 aromatic carbocycles. The summed E-state index contributed by atoms with van der Waals surface area (Å²) in [5.74, 6) is 0.0398. The lowest BCUT2D eigenvalue weighted by Crippen LogP contribution is -2.56. The molecule has 0 aliphatic heterocycles. The van der Waals surface area contributed by atoms with Crippen molar-refractivity contribution in [3.05, 3.63) is 11.9 Å². The molecule has 4 saturated carbocycles. The highest BCUT2D eigenvalue weighted by atomic mass is 19.1. The maximum atomic E-state index is 14.8. The number of allylic oxidation sites excluding steroid dienone is 1. The molecule has 0 aromatic rings. The van der Waals surface area contributed by atoms with Gasteiger partial charge in [0.1, 0.15) is 5.83 Å². The van der Waals surface area contributed by atoms with Crippen molar-refractivity contribution in [3.63, 3.8) is 0 Å². The Labute approximate surface area is 115 Å². The second kappa shape index (κ2) is 3.44. The lowest BCUT2D eigenvalue weighted by atomic mass is 9.41. The molecule has 0 spiro atoms. The van der Waals surface area contributed by atoms with Gasteiger partial charge in [0.05, 0.1) is 5.60 Å². The number of hydrogen-bond acceptors (Lipinski definition) is 1. The Hall–Kier alpha value is -0.370. The van der Waals surface area contributed by atoms with Gasteiger partial charge in [-0.25, -0.2) is 4.39 Å². The number of hydrogen-bond donors (Lipinski definition) is 1. The molecule has 6 rings (SSSR count). The molecular weight excluding hydrogens is 239 g/mol. The van der Waals surface area contributed by atoms with Crippen molar-refractivity contribution >= 4 is 0 Å². The normalized spacial score (nSPS) is 56.3. The standard InChI is InChI=1S/C17H25FO/c1-14-2-5-15(6-3-14,7-4-14)17-10-8-16(19,9-11-17)12-13(17)18/h12,19H,2-11H2,1H3. The van der Waals surface area contributed by atoms with Crippen LogP contribution in [0.3, 0.4) is 0 Å². The molecule has 4 bridgehead atoms. The minimum Gasteiger partial charge on any atom is -0.386 e. The second-order valence-electron chi connectivity index (χ2n) is 8.27. The maximum Gasteiger partial charge on any atom is 0.105 e. The summed E-state index contributed by atoms with van der Waals surface area (Å²) in [5, 5.41) is 10.3. The first-order valence-corrected chi connectivity index (χ1v) is 8.03. The zero-order chi connectivity index (χ0) is 13.4. The number of rotatable bonds is 1. The molecule has 2 heteroatoms. The molecule has 1 nitrogen and oxygen atoms in total. The zero-order valence-electron chi connectivity index (χ0n) is 12.0. The van der Waals surface area contributed by atoms with Crippen LogP contribution < -0.4 is 0 Å². The molecule has 4 fully saturated rings. The summed E-state index contributed by atoms with van der Waals surface area (Å²) in [6, 6.07) is 0. The van der Waals surface area contributed by atoms with E-state index in [1.165, 1.54) is 38.5 Å². The van der Waals surface area contributed by atoms with E-state index in [1.54, 1.807) is 6.08 Å². The Kier molecular flexibility index (Phi) is 2.24. The van der Waals surface area contributed by atoms with E-state index in [0.29, 0.717) is 5.41 Å². The third-order valence-corrected chi connectivity index (χ3v) is 7.46. The highest BCUT2D eigenvalue weighted by molar-refractivity contribution is 5.28. The van der Waals surface area contributed by atoms with E-state index in [2.05, 4.69) is 6.92 Å². The van der Waals surface area contributed by atoms with Gasteiger partial charge in [-0.15, -0.1) is 0 Å². The molecule has 0 radical (unpaired) electrons. The van der Waals surface area contributed by atoms with Crippen LogP contribution in [0.1, 0.15) is 71.1 Å². The first kappa shape index (κ1) is 12.4. The van der Waals surface area contributed by atoms with E-state index < -0.39 is 5.60 Å². The van der Waals surface area contributed by atoms with Gasteiger partial charge in [0.2, 0.25) is 0 Å². The van der Waals surface area contributed by atoms with Gasteiger partial charge in [0.25, 0.3) is 0 Å². The van der Waals surface area contributed by atoms with Crippen molar-refractivity contribution in [2.24, 2.45) is 16.2 Å². The molecule has 0 saturated heterocycles. The van der Waals surface area contributed by atoms with Crippen LogP contribution in [-0.4, -0.2) is 10.7 Å². The van der Waals surface area contributed by atoms with Gasteiger partial charge < -0.3 is 5.11 Å². The molecule has 6 aliphatic carbocycles. The van der Waals surface area contributed by atoms with Gasteiger partial charge in [-0.05, 0) is 81.1 Å². The van der Waals surface area contributed by atoms with Gasteiger partial charge >= 0.3 is 0 Å². The molecule has 0 aromatic heterocycles. The van der Waals surface area contributed by atoms with Crippen LogP contribution in [0.25, 0.3) is 0 Å². The maximum absolute atomic E-state index is 14.8. The second-order valence-corrected chi connectivity index (χ2v) is 8.27. The minimum atomic E-state index is -0.819. The lowest BCUT2D eigenvalue weighted by molar-refractivity contribution is -0.133. The molecule has 0 heterocycles. The lowest BCUT2D eigenvalue weighted by Gasteiger charge is -2.64. The van der Waals surface area contributed by atoms with Crippen LogP contribution in [0.2, 0.25) is 0 Å². The topological polar surface area (TPSA) is 20.2 Å². The van der Waals surface area contributed by atoms with Crippen LogP contribution >= 0.6 is 0 Å². The van der Waals surface area contributed by atoms with Crippen molar-refractivity contribution < 1.29 is 9.50 Å². The first-order chi connectivity index (χ1) is 8.91. The van der Waals surface area contributed by atoms with E-state index in [-0.39, 0.29) is 16.7 Å². The van der Waals surface area contributed by atoms with Gasteiger partial charge in [-0.2, -0.15) is 0 Å². The summed E-state index contributed by atoms with van der Waals surface area (Å²) in [7, 11) is 0. The SMILES string of the molecule is CC12CCC(C34CCC(O)(C=C3F)CC4)(CC1)CC2. The summed E-state index contributed by atoms with van der Waals surface area (Å²) in [6.45, 7) is 2.42. The van der Waals surface area contributed by atoms with E-state index in [9.17, 15) is 9.50 Å². The predicted octanol–water partition coefficient (Wildman–Crippen LogP) is 4.51. The largest absolute Gasteiger partial charge is 0.386 e. The van der Waals surface area contributed by atoms with Crippen LogP contribution in [0.15, 0.2) is 11.9 Å². The zero-order valence-corrected chi connectivity index (χ0v) is 12.0. The third-order valence-electron chi connectivity index (χ3n) is 7.46. The van der Waals surface area contributed by atoms with Crippen LogP contribution in [-0.2, 0) is 0 Å². The van der Waals surface area contributed by atoms with E-state index in [4.69, 9.17) is 0 Å². The predicted molar refractivity (Wildman–Crippen MR) is 73.3 cm³/mol. The minimum absolute atomic E-state index is 0.0398. The Morgan fingerprint density at radius 3 is 1.89 bits per heavy atom. The third kappa shape index (κ3) is 1.44. The number of fused-ring (bicyclic) bond motifs is 5. The monoisotopic (exact) mass is 264 g/mol. The molecule has 19 heavy (non-hydrogen) atoms. The molecule has 0 amide bonds. The number of aliphatic hydroxyl groups is 1. The average Bonchev–Trinajstić information content (AvgIpc) is 2.40. The first-order valence-electron chi connectivity index (χ1n) is 8.03. The molecule has 6 aliphatic rings. The van der Waals surface area contributed by atoms with Crippen molar-refractivity contribution in [1.29, 1.82) is 0 Å². The smallest absolute Gasteiger partial charge is 0.105 e. The van der Waals surface area contributed by atoms with Gasteiger partial charge in [-0.3, -0.25) is 0 Å². The fourth-order valence-electron chi connectivity index (χ4n) is 5.74. The quantitative estimate of drug-likeness (QED) is 0.739. The van der Waals surface area contributed by atoms with E-state index >= 15 is 0 Å². The van der Waals surface area contributed by atoms with Crippen LogP contribution in [0.4, 0.5) is 4.39 Å². The van der Waals surface area contributed by atoms with Crippen LogP contribution in [0.5, 0.6) is 0 Å². The van der Waals surface area contributed by atoms with Crippen LogP contribution in [0, 0.1) is 16.2 Å². The van der Waals surface area contributed by atoms with Crippen molar-refractivity contribution in [2.75, 3.05) is 0 Å². The molecule has 0 unspecified atom stereocenters. The Balaban J connectivity index is 1.75. The van der Waals surface area contributed by atoms with Gasteiger partial charge in [-0.1, -0.05) is 6.92 Å². The van der Waals surface area contributed by atoms with E-state index in [0.717, 1.165) is 25.7 Å². The van der Waals surface area contributed by atoms with Gasteiger partial charge in [0, 0.05) is 5.41 Å². The van der Waals surface area contributed by atoms with E-state index in [1.807, 2.05) is 0 Å². The summed E-state index contributed by atoms with van der Waals surface area (Å²) in [5.41, 5.74) is -0.269. The Bertz CT molecular complexity index is 418. The van der Waals surface area contributed by atoms with Crippen molar-refractivity contribution in [3.8, 4) is 0 Å². The summed E-state index contributed by atoms with van der Waals surface area (Å²) < 4.78 is 14.8. The Morgan fingerprint density at radius 2 is 1.42 bits per heavy atom. The molecule has 1 N–H and O–H groups in total. The fourth-order valence-corrected chi connectivity index (χ4v) is 5.74. The molecule has 106 valence electrons. The number of halogens is 1. The van der Waals surface area contributed by atoms with Gasteiger partial charge in [0.15, 0.2) is 0 Å². The fraction of sp³-hybridized carbons (Fsp3) is 0.882. The summed E-state index contributed by atoms with van der Waals surface area (Å²) in [6.07, 6.45) is 12.4. The Morgan fingerprint density at radius 1 is 0.895 bits per heavy atom. The molecular formula is C17H25FO. The van der Waals surface area contributed by atoms with Crippen molar-refractivity contribution in [1.82, 2.24) is 0 Å². The summed E-state index contributed by atoms with van der Waals surface area (Å²) in [4.78, 5) is 0. The average molecular weight is 264 g/mol. The summed E-state index contributed by atoms with van der Waals surface area (Å²) >= 11 is 0. The highest BCUT2D eigenvalue weighted by Gasteiger charge is 2.62. The highest BCUT2D eigenvalue weighted by Crippen LogP contribution is 2.71.